The summed E-state index contributed by atoms with van der Waals surface area (Å²) in [5, 5.41) is 18.1. The monoisotopic (exact) mass is 121 g/mol. The molecule has 0 saturated carbocycles. The summed E-state index contributed by atoms with van der Waals surface area (Å²) in [7, 11) is 0. The van der Waals surface area contributed by atoms with E-state index in [2.05, 4.69) is 0 Å². The fourth-order valence-corrected chi connectivity index (χ4v) is 1.23. The molecule has 7 heavy (non-hydrogen) atoms. The second-order valence-electron chi connectivity index (χ2n) is 1.36. The third-order valence-electron chi connectivity index (χ3n) is 0.842. The minimum Gasteiger partial charge on any atom is -0.367 e. The van der Waals surface area contributed by atoms with Crippen LogP contribution in [0.2, 0.25) is 0 Å². The Bertz CT molecular complexity index is 62.0. The van der Waals surface area contributed by atoms with Crippen LogP contribution in [0.1, 0.15) is 0 Å². The average molecular weight is 121 g/mol. The minimum atomic E-state index is -0.681. The molecule has 1 aliphatic rings. The van der Waals surface area contributed by atoms with Gasteiger partial charge in [0.1, 0.15) is 0 Å². The first kappa shape index (κ1) is 5.37. The van der Waals surface area contributed by atoms with Crippen LogP contribution in [0.4, 0.5) is 0 Å². The van der Waals surface area contributed by atoms with Gasteiger partial charge in [-0.1, -0.05) is 0 Å². The normalized spacial score (nSPS) is 34.3. The number of nitrogens with zero attached hydrogens (tertiary/aromatic N) is 1. The Hall–Kier alpha value is 0.230. The van der Waals surface area contributed by atoms with Crippen molar-refractivity contribution in [1.82, 2.24) is 5.06 Å². The van der Waals surface area contributed by atoms with Crippen LogP contribution in [-0.2, 0) is 0 Å². The molecule has 1 fully saturated rings. The maximum absolute atomic E-state index is 8.64. The van der Waals surface area contributed by atoms with E-state index < -0.39 is 5.56 Å². The highest BCUT2D eigenvalue weighted by atomic mass is 32.2. The summed E-state index contributed by atoms with van der Waals surface area (Å²) in [5.41, 5.74) is -0.681. The highest BCUT2D eigenvalue weighted by Crippen LogP contribution is 2.17. The van der Waals surface area contributed by atoms with E-state index in [0.717, 1.165) is 10.8 Å². The predicted molar refractivity (Wildman–Crippen MR) is 27.0 cm³/mol. The summed E-state index contributed by atoms with van der Waals surface area (Å²) in [4.78, 5) is 0. The number of hydrogen-bond acceptors (Lipinski definition) is 4. The van der Waals surface area contributed by atoms with Gasteiger partial charge in [0, 0.05) is 12.3 Å². The van der Waals surface area contributed by atoms with Gasteiger partial charge < -0.3 is 10.3 Å². The molecule has 0 aromatic rings. The fraction of sp³-hybridized carbons (Fsp3) is 1.00. The molecule has 0 radical (unpaired) electrons. The fourth-order valence-electron chi connectivity index (χ4n) is 0.448. The molecule has 0 spiro atoms. The zero-order chi connectivity index (χ0) is 5.28. The lowest BCUT2D eigenvalue weighted by molar-refractivity contribution is -0.147. The predicted octanol–water partition coefficient (Wildman–Crippen LogP) is -0.300. The second-order valence-corrected chi connectivity index (χ2v) is 2.52. The first-order valence-electron chi connectivity index (χ1n) is 2.06. The van der Waals surface area contributed by atoms with Crippen molar-refractivity contribution in [2.45, 2.75) is 5.56 Å². The van der Waals surface area contributed by atoms with Gasteiger partial charge in [0.25, 0.3) is 0 Å². The molecule has 0 bridgehead atoms. The number of hydrogen-bond donors (Lipinski definition) is 2. The highest BCUT2D eigenvalue weighted by molar-refractivity contribution is 7.99. The van der Waals surface area contributed by atoms with Crippen molar-refractivity contribution in [2.75, 3.05) is 12.3 Å². The van der Waals surface area contributed by atoms with Crippen LogP contribution >= 0.6 is 11.8 Å². The number of rotatable bonds is 0. The van der Waals surface area contributed by atoms with Crippen molar-refractivity contribution < 1.29 is 10.3 Å². The zero-order valence-corrected chi connectivity index (χ0v) is 4.56. The number of aliphatic hydroxyl groups excluding tert-OH is 1. The molecule has 42 valence electrons. The summed E-state index contributed by atoms with van der Waals surface area (Å²) < 4.78 is 0. The molecular formula is C3H7NO2S. The Balaban J connectivity index is 2.33. The summed E-state index contributed by atoms with van der Waals surface area (Å²) in [6.07, 6.45) is 0. The number of thioether (sulfide) groups is 1. The Morgan fingerprint density at radius 1 is 1.71 bits per heavy atom. The highest BCUT2D eigenvalue weighted by Gasteiger charge is 2.19. The quantitative estimate of drug-likeness (QED) is 0.462. The lowest BCUT2D eigenvalue weighted by Crippen LogP contribution is -2.23. The molecule has 0 aliphatic carbocycles. The van der Waals surface area contributed by atoms with Crippen LogP contribution < -0.4 is 0 Å². The van der Waals surface area contributed by atoms with Gasteiger partial charge in [-0.15, -0.1) is 11.8 Å². The summed E-state index contributed by atoms with van der Waals surface area (Å²) >= 11 is 1.34. The molecule has 1 rings (SSSR count). The Labute approximate surface area is 45.9 Å². The largest absolute Gasteiger partial charge is 0.367 e. The van der Waals surface area contributed by atoms with E-state index in [-0.39, 0.29) is 0 Å². The van der Waals surface area contributed by atoms with E-state index in [1.165, 1.54) is 11.8 Å². The molecule has 1 aliphatic heterocycles. The van der Waals surface area contributed by atoms with Gasteiger partial charge in [0.15, 0.2) is 5.56 Å². The van der Waals surface area contributed by atoms with Gasteiger partial charge in [-0.25, -0.2) is 0 Å². The first-order valence-corrected chi connectivity index (χ1v) is 3.11. The third kappa shape index (κ3) is 1.07. The van der Waals surface area contributed by atoms with E-state index in [4.69, 9.17) is 10.3 Å². The lowest BCUT2D eigenvalue weighted by Gasteiger charge is -2.07. The molecule has 2 N–H and O–H groups in total. The second kappa shape index (κ2) is 2.00. The van der Waals surface area contributed by atoms with Crippen molar-refractivity contribution in [3.05, 3.63) is 0 Å². The standard InChI is InChI=1S/C3H7NO2S/c5-3-4(6)1-2-7-3/h3,5-6H,1-2H2. The molecule has 1 unspecified atom stereocenters. The Morgan fingerprint density at radius 3 is 2.57 bits per heavy atom. The van der Waals surface area contributed by atoms with Crippen LogP contribution in [0.3, 0.4) is 0 Å². The van der Waals surface area contributed by atoms with E-state index in [1.807, 2.05) is 0 Å². The van der Waals surface area contributed by atoms with Crippen LogP contribution in [0.25, 0.3) is 0 Å². The zero-order valence-electron chi connectivity index (χ0n) is 3.74. The van der Waals surface area contributed by atoms with E-state index in [0.29, 0.717) is 6.54 Å². The maximum Gasteiger partial charge on any atom is 0.177 e. The van der Waals surface area contributed by atoms with Crippen molar-refractivity contribution in [1.29, 1.82) is 0 Å². The van der Waals surface area contributed by atoms with Gasteiger partial charge in [-0.3, -0.25) is 0 Å². The van der Waals surface area contributed by atoms with Crippen molar-refractivity contribution >= 4 is 11.8 Å². The molecule has 3 nitrogen and oxygen atoms in total. The SMILES string of the molecule is OC1SCCN1O. The van der Waals surface area contributed by atoms with Crippen LogP contribution in [0.15, 0.2) is 0 Å². The molecule has 0 aromatic carbocycles. The summed E-state index contributed by atoms with van der Waals surface area (Å²) in [5.74, 6) is 0.817. The Kier molecular flexibility index (Phi) is 1.53. The Morgan fingerprint density at radius 2 is 2.43 bits per heavy atom. The molecule has 4 heteroatoms. The van der Waals surface area contributed by atoms with Crippen molar-refractivity contribution in [3.8, 4) is 0 Å². The van der Waals surface area contributed by atoms with Crippen LogP contribution in [0, 0.1) is 0 Å². The van der Waals surface area contributed by atoms with Gasteiger partial charge in [0.2, 0.25) is 0 Å². The molecule has 0 amide bonds. The maximum atomic E-state index is 8.64. The summed E-state index contributed by atoms with van der Waals surface area (Å²) in [6.45, 7) is 0.575. The van der Waals surface area contributed by atoms with Crippen LogP contribution in [0.5, 0.6) is 0 Å². The smallest absolute Gasteiger partial charge is 0.177 e. The van der Waals surface area contributed by atoms with Crippen LogP contribution in [-0.4, -0.2) is 33.2 Å². The average Bonchev–Trinajstić information content (AvgIpc) is 1.91. The summed E-state index contributed by atoms with van der Waals surface area (Å²) in [6, 6.07) is 0. The van der Waals surface area contributed by atoms with Gasteiger partial charge in [-0.05, 0) is 0 Å². The first-order chi connectivity index (χ1) is 3.30. The van der Waals surface area contributed by atoms with E-state index in [9.17, 15) is 0 Å². The third-order valence-corrected chi connectivity index (χ3v) is 1.80. The van der Waals surface area contributed by atoms with Crippen molar-refractivity contribution in [3.63, 3.8) is 0 Å². The van der Waals surface area contributed by atoms with Crippen molar-refractivity contribution in [2.24, 2.45) is 0 Å². The molecular weight excluding hydrogens is 114 g/mol. The van der Waals surface area contributed by atoms with E-state index in [1.54, 1.807) is 0 Å². The number of hydroxylamine groups is 2. The number of aliphatic hydroxyl groups is 1. The molecule has 0 aromatic heterocycles. The topological polar surface area (TPSA) is 43.7 Å². The van der Waals surface area contributed by atoms with Gasteiger partial charge >= 0.3 is 0 Å². The van der Waals surface area contributed by atoms with Gasteiger partial charge in [0.05, 0.1) is 0 Å². The molecule has 1 saturated heterocycles. The van der Waals surface area contributed by atoms with Gasteiger partial charge in [-0.2, -0.15) is 5.06 Å². The van der Waals surface area contributed by atoms with E-state index >= 15 is 0 Å². The minimum absolute atomic E-state index is 0.575. The molecule has 1 atom stereocenters. The molecule has 1 heterocycles. The lowest BCUT2D eigenvalue weighted by atomic mass is 10.7.